The van der Waals surface area contributed by atoms with Gasteiger partial charge in [0.25, 0.3) is 11.8 Å². The van der Waals surface area contributed by atoms with Crippen LogP contribution in [0.25, 0.3) is 0 Å². The Hall–Kier alpha value is -6.78. The van der Waals surface area contributed by atoms with E-state index in [1.54, 1.807) is 149 Å². The molecule has 82 heavy (non-hydrogen) atoms. The number of aliphatic hydroxyl groups excluding tert-OH is 12. The average Bonchev–Trinajstić information content (AvgIpc) is 3.63. The van der Waals surface area contributed by atoms with Crippen molar-refractivity contribution in [3.05, 3.63) is 144 Å². The van der Waals surface area contributed by atoms with Crippen molar-refractivity contribution in [2.75, 3.05) is 13.2 Å². The van der Waals surface area contributed by atoms with Crippen LogP contribution in [0.1, 0.15) is 49.9 Å². The van der Waals surface area contributed by atoms with Gasteiger partial charge in [-0.2, -0.15) is 0 Å². The fourth-order valence-corrected chi connectivity index (χ4v) is 8.84. The highest BCUT2D eigenvalue weighted by atomic mass is 16.4. The van der Waals surface area contributed by atoms with Crippen LogP contribution in [0, 0.1) is 11.8 Å². The molecule has 0 aromatic heterocycles. The van der Waals surface area contributed by atoms with Gasteiger partial charge in [-0.1, -0.05) is 149 Å². The van der Waals surface area contributed by atoms with Gasteiger partial charge in [0.05, 0.1) is 25.3 Å². The van der Waals surface area contributed by atoms with Crippen LogP contribution in [0.4, 0.5) is 0 Å². The van der Waals surface area contributed by atoms with Crippen molar-refractivity contribution in [3.8, 4) is 0 Å². The first-order chi connectivity index (χ1) is 38.9. The average molecular weight is 1150 g/mol. The van der Waals surface area contributed by atoms with E-state index in [-0.39, 0.29) is 25.7 Å². The molecule has 0 aliphatic carbocycles. The fraction of sp³-hybridized carbons (Fsp3) is 0.483. The second kappa shape index (κ2) is 33.4. The Morgan fingerprint density at radius 2 is 0.598 bits per heavy atom. The summed E-state index contributed by atoms with van der Waals surface area (Å²) in [6.45, 7) is 4.36. The number of carbonyl (C=O) groups excluding carboxylic acids is 6. The van der Waals surface area contributed by atoms with Gasteiger partial charge in [0.2, 0.25) is 23.6 Å². The van der Waals surface area contributed by atoms with E-state index in [0.29, 0.717) is 22.3 Å². The summed E-state index contributed by atoms with van der Waals surface area (Å²) in [4.78, 5) is 84.1. The molecule has 24 nitrogen and oxygen atoms in total. The Balaban J connectivity index is 1.65. The lowest BCUT2D eigenvalue weighted by molar-refractivity contribution is -0.151. The van der Waals surface area contributed by atoms with Gasteiger partial charge in [-0.15, -0.1) is 0 Å². The van der Waals surface area contributed by atoms with Crippen LogP contribution in [0.3, 0.4) is 0 Å². The highest BCUT2D eigenvalue weighted by Gasteiger charge is 2.41. The third kappa shape index (κ3) is 20.3. The Morgan fingerprint density at radius 3 is 0.854 bits per heavy atom. The molecule has 24 heteroatoms. The maximum Gasteiger partial charge on any atom is 0.252 e. The van der Waals surface area contributed by atoms with E-state index in [2.05, 4.69) is 31.9 Å². The molecule has 0 fully saturated rings. The van der Waals surface area contributed by atoms with Gasteiger partial charge >= 0.3 is 0 Å². The number of hydrogen-bond donors (Lipinski definition) is 18. The van der Waals surface area contributed by atoms with Crippen LogP contribution in [0.5, 0.6) is 0 Å². The van der Waals surface area contributed by atoms with E-state index in [1.165, 1.54) is 0 Å². The van der Waals surface area contributed by atoms with E-state index in [9.17, 15) is 90.0 Å². The quantitative estimate of drug-likeness (QED) is 0.0215. The van der Waals surface area contributed by atoms with Crippen LogP contribution in [-0.4, -0.2) is 207 Å². The van der Waals surface area contributed by atoms with Gasteiger partial charge in [-0.25, -0.2) is 0 Å². The number of benzene rings is 4. The molecule has 18 N–H and O–H groups in total. The van der Waals surface area contributed by atoms with Crippen molar-refractivity contribution in [3.63, 3.8) is 0 Å². The van der Waals surface area contributed by atoms with Crippen molar-refractivity contribution in [1.82, 2.24) is 31.9 Å². The minimum Gasteiger partial charge on any atom is -0.394 e. The van der Waals surface area contributed by atoms with Crippen molar-refractivity contribution in [2.45, 2.75) is 151 Å². The summed E-state index contributed by atoms with van der Waals surface area (Å²) in [6.07, 6.45) is -22.0. The molecule has 0 aliphatic rings. The second-order valence-corrected chi connectivity index (χ2v) is 20.9. The summed E-state index contributed by atoms with van der Waals surface area (Å²) < 4.78 is 0. The predicted octanol–water partition coefficient (Wildman–Crippen LogP) is -4.23. The molecule has 0 heterocycles. The molecule has 0 saturated carbocycles. The Bertz CT molecular complexity index is 2420. The third-order valence-electron chi connectivity index (χ3n) is 13.8. The van der Waals surface area contributed by atoms with Crippen LogP contribution < -0.4 is 31.9 Å². The lowest BCUT2D eigenvalue weighted by Crippen LogP contribution is -2.63. The van der Waals surface area contributed by atoms with Crippen LogP contribution in [-0.2, 0) is 54.5 Å². The molecule has 4 aromatic carbocycles. The Morgan fingerprint density at radius 1 is 0.329 bits per heavy atom. The summed E-state index contributed by atoms with van der Waals surface area (Å²) in [5.74, 6) is -7.68. The first-order valence-electron chi connectivity index (χ1n) is 26.9. The van der Waals surface area contributed by atoms with E-state index >= 15 is 0 Å². The van der Waals surface area contributed by atoms with Crippen molar-refractivity contribution in [1.29, 1.82) is 0 Å². The van der Waals surface area contributed by atoms with Gasteiger partial charge in [-0.05, 0) is 46.9 Å². The zero-order valence-electron chi connectivity index (χ0n) is 46.0. The minimum absolute atomic E-state index is 0.120. The van der Waals surface area contributed by atoms with E-state index in [1.807, 2.05) is 0 Å². The highest BCUT2D eigenvalue weighted by molar-refractivity contribution is 5.94. The lowest BCUT2D eigenvalue weighted by atomic mass is 9.90. The zero-order valence-corrected chi connectivity index (χ0v) is 46.0. The van der Waals surface area contributed by atoms with Crippen molar-refractivity contribution >= 4 is 35.4 Å². The summed E-state index contributed by atoms with van der Waals surface area (Å²) in [6, 6.07) is 25.1. The number of nitrogens with one attached hydrogen (secondary N) is 6. The molecule has 450 valence electrons. The van der Waals surface area contributed by atoms with Gasteiger partial charge < -0.3 is 93.2 Å². The number of amides is 6. The number of rotatable bonds is 33. The molecule has 0 saturated heterocycles. The Labute approximate surface area is 475 Å². The number of hydrogen-bond acceptors (Lipinski definition) is 18. The van der Waals surface area contributed by atoms with Gasteiger partial charge in [0, 0.05) is 12.8 Å². The molecule has 0 bridgehead atoms. The predicted molar refractivity (Wildman–Crippen MR) is 296 cm³/mol. The van der Waals surface area contributed by atoms with Crippen molar-refractivity contribution < 1.29 is 90.0 Å². The van der Waals surface area contributed by atoms with Gasteiger partial charge in [0.1, 0.15) is 73.0 Å². The van der Waals surface area contributed by atoms with E-state index in [0.717, 1.165) is 0 Å². The smallest absolute Gasteiger partial charge is 0.252 e. The first-order valence-corrected chi connectivity index (χ1v) is 26.9. The molecule has 4 rings (SSSR count). The first kappa shape index (κ1) is 67.7. The van der Waals surface area contributed by atoms with Gasteiger partial charge in [-0.3, -0.25) is 28.8 Å². The number of aliphatic hydroxyl groups is 12. The van der Waals surface area contributed by atoms with Gasteiger partial charge in [0.15, 0.2) is 12.2 Å². The summed E-state index contributed by atoms with van der Waals surface area (Å²) in [7, 11) is 0. The molecule has 4 aromatic rings. The summed E-state index contributed by atoms with van der Waals surface area (Å²) >= 11 is 0. The number of carbonyl (C=O) groups is 6. The maximum absolute atomic E-state index is 14.6. The van der Waals surface area contributed by atoms with Crippen LogP contribution >= 0.6 is 0 Å². The normalized spacial score (nSPS) is 17.5. The second-order valence-electron chi connectivity index (χ2n) is 20.9. The third-order valence-corrected chi connectivity index (χ3v) is 13.8. The zero-order chi connectivity index (χ0) is 60.8. The largest absolute Gasteiger partial charge is 0.394 e. The van der Waals surface area contributed by atoms with Crippen molar-refractivity contribution in [2.24, 2.45) is 11.8 Å². The monoisotopic (exact) mass is 1150 g/mol. The lowest BCUT2D eigenvalue weighted by Gasteiger charge is -2.35. The van der Waals surface area contributed by atoms with E-state index in [4.69, 9.17) is 0 Å². The molecule has 0 radical (unpaired) electrons. The fourth-order valence-electron chi connectivity index (χ4n) is 8.84. The standard InChI is InChI=1S/C58H80N6O18/c1-31(2)43(63-53(77)39(27-35-21-13-7-14-22-35)61-57(81)51(75)49(73)47(71)41(67)29-65)55(79)59-37(25-33-17-9-5-10-18-33)45(69)46(70)38(26-34-19-11-6-12-20-34)60-56(80)44(32(3)4)64-54(78)40(28-36-23-15-8-16-24-36)62-58(82)52(76)50(74)48(72)42(68)30-66/h5-24,31-32,37-52,65-76H,25-30H2,1-4H3,(H,59,79)(H,60,80)(H,61,81)(H,62,82)(H,63,77)(H,64,78)/t37-,38-,39-,40-,41+,42+,43-,44-,45+,46+,47+,48+,49-,50-,51+,52+/m0/s1. The molecular weight excluding hydrogens is 1070 g/mol. The molecule has 0 aliphatic heterocycles. The summed E-state index contributed by atoms with van der Waals surface area (Å²) in [5, 5.41) is 141. The van der Waals surface area contributed by atoms with Crippen LogP contribution in [0.2, 0.25) is 0 Å². The van der Waals surface area contributed by atoms with Crippen LogP contribution in [0.15, 0.2) is 121 Å². The van der Waals surface area contributed by atoms with E-state index < -0.39 is 158 Å². The molecular formula is C58H80N6O18. The molecule has 0 spiro atoms. The highest BCUT2D eigenvalue weighted by Crippen LogP contribution is 2.19. The Kier molecular flexibility index (Phi) is 27.5. The SMILES string of the molecule is CC(C)[C@H](NC(=O)[C@H](Cc1ccccc1)NC(=O)[C@H](O)[C@@H](O)[C@H](O)[C@H](O)CO)C(=O)N[C@@H](Cc1ccccc1)[C@@H](O)[C@H](O)[C@H](Cc1ccccc1)NC(=O)[C@@H](NC(=O)[C@H](Cc1ccccc1)NC(=O)[C@H](O)[C@@H](O)[C@H](O)[C@H](O)CO)C(C)C. The minimum atomic E-state index is -2.40. The topological polar surface area (TPSA) is 417 Å². The molecule has 16 atom stereocenters. The maximum atomic E-state index is 14.6. The molecule has 0 unspecified atom stereocenters. The molecule has 6 amide bonds. The summed E-state index contributed by atoms with van der Waals surface area (Å²) in [5.41, 5.74) is 2.19.